The Labute approximate surface area is 496 Å². The van der Waals surface area contributed by atoms with Crippen LogP contribution in [0.4, 0.5) is 0 Å². The summed E-state index contributed by atoms with van der Waals surface area (Å²) in [7, 11) is 0. The van der Waals surface area contributed by atoms with Crippen molar-refractivity contribution < 1.29 is 89.4 Å². The summed E-state index contributed by atoms with van der Waals surface area (Å²) in [6.45, 7) is 1.67. The molecular formula is C64H113NO18. The SMILES string of the molecule is CCCCCC/C=C\C/C=C\CCCCCCCCCC(=O)NC(COC1OC(CO)C(OC2OC(CO)C(OC3OC(CO)C(O)C(O)C3O)C(O)C2O)C(O)C1O)C(O)/C=C/CC/C=C/CC/C=C/CCCCCCCCCCCC. The molecule has 0 aliphatic carbocycles. The average molecular weight is 1180 g/mol. The minimum Gasteiger partial charge on any atom is -0.394 e. The number of aliphatic hydroxyl groups is 11. The largest absolute Gasteiger partial charge is 0.394 e. The minimum absolute atomic E-state index is 0.221. The molecule has 0 bridgehead atoms. The zero-order chi connectivity index (χ0) is 60.5. The van der Waals surface area contributed by atoms with E-state index in [0.717, 1.165) is 83.5 Å². The first kappa shape index (κ1) is 74.7. The van der Waals surface area contributed by atoms with Crippen molar-refractivity contribution in [2.45, 2.75) is 311 Å². The number of amides is 1. The molecular weight excluding hydrogens is 1070 g/mol. The van der Waals surface area contributed by atoms with Crippen molar-refractivity contribution >= 4 is 5.91 Å². The second-order valence-electron chi connectivity index (χ2n) is 22.8. The molecule has 3 fully saturated rings. The van der Waals surface area contributed by atoms with Gasteiger partial charge in [-0.3, -0.25) is 4.79 Å². The molecule has 0 aromatic heterocycles. The van der Waals surface area contributed by atoms with Crippen LogP contribution in [0.15, 0.2) is 60.8 Å². The van der Waals surface area contributed by atoms with Crippen LogP contribution in [0.3, 0.4) is 0 Å². The van der Waals surface area contributed by atoms with Gasteiger partial charge in [0.25, 0.3) is 0 Å². The summed E-state index contributed by atoms with van der Waals surface area (Å²) in [6.07, 6.45) is 27.6. The fourth-order valence-electron chi connectivity index (χ4n) is 10.5. The molecule has 12 N–H and O–H groups in total. The molecule has 0 radical (unpaired) electrons. The summed E-state index contributed by atoms with van der Waals surface area (Å²) in [4.78, 5) is 13.3. The Morgan fingerprint density at radius 3 is 1.29 bits per heavy atom. The molecule has 3 rings (SSSR count). The van der Waals surface area contributed by atoms with Gasteiger partial charge in [0.2, 0.25) is 5.91 Å². The van der Waals surface area contributed by atoms with E-state index in [-0.39, 0.29) is 18.9 Å². The molecule has 17 unspecified atom stereocenters. The Balaban J connectivity index is 1.51. The molecule has 0 aromatic rings. The molecule has 0 aromatic carbocycles. The number of allylic oxidation sites excluding steroid dienone is 9. The third-order valence-corrected chi connectivity index (χ3v) is 15.8. The van der Waals surface area contributed by atoms with Crippen LogP contribution >= 0.6 is 0 Å². The van der Waals surface area contributed by atoms with E-state index < -0.39 is 124 Å². The van der Waals surface area contributed by atoms with E-state index in [1.54, 1.807) is 6.08 Å². The molecule has 3 aliphatic heterocycles. The van der Waals surface area contributed by atoms with Gasteiger partial charge in [0.15, 0.2) is 18.9 Å². The number of hydrogen-bond acceptors (Lipinski definition) is 18. The van der Waals surface area contributed by atoms with Crippen molar-refractivity contribution in [3.8, 4) is 0 Å². The van der Waals surface area contributed by atoms with Crippen LogP contribution < -0.4 is 5.32 Å². The van der Waals surface area contributed by atoms with Gasteiger partial charge in [0.1, 0.15) is 73.2 Å². The highest BCUT2D eigenvalue weighted by atomic mass is 16.8. The van der Waals surface area contributed by atoms with E-state index in [2.05, 4.69) is 67.8 Å². The minimum atomic E-state index is -1.98. The lowest BCUT2D eigenvalue weighted by molar-refractivity contribution is -0.379. The highest BCUT2D eigenvalue weighted by molar-refractivity contribution is 5.76. The molecule has 19 heteroatoms. The molecule has 3 aliphatic rings. The fourth-order valence-corrected chi connectivity index (χ4v) is 10.5. The fraction of sp³-hybridized carbons (Fsp3) is 0.828. The summed E-state index contributed by atoms with van der Waals surface area (Å²) < 4.78 is 34.3. The maximum absolute atomic E-state index is 13.3. The first-order valence-corrected chi connectivity index (χ1v) is 32.0. The second kappa shape index (κ2) is 46.6. The highest BCUT2D eigenvalue weighted by Crippen LogP contribution is 2.33. The van der Waals surface area contributed by atoms with Crippen LogP contribution in [0.2, 0.25) is 0 Å². The second-order valence-corrected chi connectivity index (χ2v) is 22.8. The van der Waals surface area contributed by atoms with Crippen molar-refractivity contribution in [3.63, 3.8) is 0 Å². The quantitative estimate of drug-likeness (QED) is 0.0220. The number of unbranched alkanes of at least 4 members (excludes halogenated alkanes) is 23. The zero-order valence-electron chi connectivity index (χ0n) is 50.4. The molecule has 17 atom stereocenters. The summed E-state index contributed by atoms with van der Waals surface area (Å²) in [5, 5.41) is 120. The van der Waals surface area contributed by atoms with Crippen LogP contribution in [0.1, 0.15) is 206 Å². The molecule has 83 heavy (non-hydrogen) atoms. The number of carbonyl (C=O) groups excluding carboxylic acids is 1. The van der Waals surface area contributed by atoms with Crippen LogP contribution in [0.25, 0.3) is 0 Å². The standard InChI is InChI=1S/C64H113NO18/c1-3-5-7-9-11-13-15-17-19-21-23-24-25-27-29-31-33-35-37-39-41-48(69)47(65-52(70)42-40-38-36-34-32-30-28-26-22-20-18-16-14-12-10-8-6-4-2)46-78-62-58(76)55(73)60(50(44-67)80-62)83-64-59(77)56(74)61(51(45-68)81-64)82-63-57(75)54(72)53(71)49(43-66)79-63/h14,16,20,22,24-25,31,33,39,41,47-51,53-64,66-69,71-77H,3-13,15,17-19,21,23,26-30,32,34-38,40,42-46H2,1-2H3,(H,65,70)/b16-14-,22-20-,25-24+,33-31+,41-39+. The van der Waals surface area contributed by atoms with E-state index in [1.165, 1.54) is 89.9 Å². The van der Waals surface area contributed by atoms with Crippen LogP contribution in [0, 0.1) is 0 Å². The maximum atomic E-state index is 13.3. The lowest BCUT2D eigenvalue weighted by atomic mass is 9.96. The van der Waals surface area contributed by atoms with Crippen LogP contribution in [-0.4, -0.2) is 193 Å². The summed E-state index contributed by atoms with van der Waals surface area (Å²) in [5.41, 5.74) is 0. The van der Waals surface area contributed by atoms with Gasteiger partial charge < -0.3 is 89.9 Å². The molecule has 3 heterocycles. The Kier molecular flexibility index (Phi) is 42.0. The smallest absolute Gasteiger partial charge is 0.220 e. The lowest BCUT2D eigenvalue weighted by Crippen LogP contribution is -2.66. The lowest BCUT2D eigenvalue weighted by Gasteiger charge is -2.48. The third-order valence-electron chi connectivity index (χ3n) is 15.8. The predicted octanol–water partition coefficient (Wildman–Crippen LogP) is 6.82. The van der Waals surface area contributed by atoms with Crippen molar-refractivity contribution in [1.29, 1.82) is 0 Å². The third kappa shape index (κ3) is 29.8. The van der Waals surface area contributed by atoms with E-state index in [9.17, 15) is 61.0 Å². The van der Waals surface area contributed by atoms with Gasteiger partial charge in [0, 0.05) is 6.42 Å². The van der Waals surface area contributed by atoms with Gasteiger partial charge in [-0.1, -0.05) is 184 Å². The Bertz CT molecular complexity index is 1750. The van der Waals surface area contributed by atoms with Gasteiger partial charge >= 0.3 is 0 Å². The van der Waals surface area contributed by atoms with Crippen LogP contribution in [-0.2, 0) is 33.2 Å². The average Bonchev–Trinajstić information content (AvgIpc) is 3.35. The Morgan fingerprint density at radius 1 is 0.434 bits per heavy atom. The molecule has 1 amide bonds. The first-order chi connectivity index (χ1) is 40.3. The zero-order valence-corrected chi connectivity index (χ0v) is 50.4. The van der Waals surface area contributed by atoms with Crippen molar-refractivity contribution in [2.24, 2.45) is 0 Å². The number of nitrogens with one attached hydrogen (secondary N) is 1. The van der Waals surface area contributed by atoms with Crippen molar-refractivity contribution in [3.05, 3.63) is 60.8 Å². The Morgan fingerprint density at radius 2 is 0.807 bits per heavy atom. The van der Waals surface area contributed by atoms with E-state index in [1.807, 2.05) is 6.08 Å². The summed E-state index contributed by atoms with van der Waals surface area (Å²) in [5.74, 6) is -0.299. The number of hydrogen-bond donors (Lipinski definition) is 12. The predicted molar refractivity (Wildman–Crippen MR) is 318 cm³/mol. The van der Waals surface area contributed by atoms with Gasteiger partial charge in [-0.15, -0.1) is 0 Å². The number of ether oxygens (including phenoxy) is 6. The number of rotatable bonds is 47. The van der Waals surface area contributed by atoms with Gasteiger partial charge in [-0.25, -0.2) is 0 Å². The van der Waals surface area contributed by atoms with E-state index in [0.29, 0.717) is 12.8 Å². The topological polar surface area (TPSA) is 307 Å². The van der Waals surface area contributed by atoms with E-state index in [4.69, 9.17) is 28.4 Å². The summed E-state index contributed by atoms with van der Waals surface area (Å²) >= 11 is 0. The molecule has 0 spiro atoms. The monoisotopic (exact) mass is 1180 g/mol. The molecule has 3 saturated heterocycles. The maximum Gasteiger partial charge on any atom is 0.220 e. The van der Waals surface area contributed by atoms with Crippen molar-refractivity contribution in [1.82, 2.24) is 5.32 Å². The highest BCUT2D eigenvalue weighted by Gasteiger charge is 2.53. The number of aliphatic hydroxyl groups excluding tert-OH is 11. The molecule has 482 valence electrons. The molecule has 0 saturated carbocycles. The Hall–Kier alpha value is -2.51. The van der Waals surface area contributed by atoms with Crippen molar-refractivity contribution in [2.75, 3.05) is 26.4 Å². The summed E-state index contributed by atoms with van der Waals surface area (Å²) in [6, 6.07) is -1.00. The normalized spacial score (nSPS) is 29.8. The van der Waals surface area contributed by atoms with Gasteiger partial charge in [-0.05, 0) is 77.0 Å². The van der Waals surface area contributed by atoms with Gasteiger partial charge in [-0.2, -0.15) is 0 Å². The first-order valence-electron chi connectivity index (χ1n) is 32.0. The molecule has 19 nitrogen and oxygen atoms in total. The van der Waals surface area contributed by atoms with Crippen LogP contribution in [0.5, 0.6) is 0 Å². The van der Waals surface area contributed by atoms with E-state index >= 15 is 0 Å². The number of carbonyl (C=O) groups is 1. The van der Waals surface area contributed by atoms with Gasteiger partial charge in [0.05, 0.1) is 38.6 Å².